The Kier molecular flexibility index (Phi) is 5.42. The van der Waals surface area contributed by atoms with Crippen LogP contribution in [0.15, 0.2) is 24.3 Å². The van der Waals surface area contributed by atoms with Crippen molar-refractivity contribution in [3.05, 3.63) is 30.1 Å². The van der Waals surface area contributed by atoms with Crippen molar-refractivity contribution in [3.8, 4) is 5.75 Å². The molecule has 0 saturated carbocycles. The molecule has 0 spiro atoms. The van der Waals surface area contributed by atoms with Crippen molar-refractivity contribution in [2.45, 2.75) is 19.4 Å². The van der Waals surface area contributed by atoms with E-state index < -0.39 is 0 Å². The summed E-state index contributed by atoms with van der Waals surface area (Å²) in [5.41, 5.74) is 0. The van der Waals surface area contributed by atoms with Crippen LogP contribution in [-0.2, 0) is 11.3 Å². The molecular formula is C16H21FN6O2. The molecule has 1 aromatic heterocycles. The zero-order valence-electron chi connectivity index (χ0n) is 14.1. The average Bonchev–Trinajstić information content (AvgIpc) is 3.07. The summed E-state index contributed by atoms with van der Waals surface area (Å²) in [4.78, 5) is 13.8. The largest absolute Gasteiger partial charge is 0.492 e. The van der Waals surface area contributed by atoms with Crippen molar-refractivity contribution in [1.29, 1.82) is 0 Å². The molecule has 1 aliphatic rings. The molecule has 1 unspecified atom stereocenters. The van der Waals surface area contributed by atoms with Crippen molar-refractivity contribution in [2.24, 2.45) is 5.92 Å². The number of halogens is 1. The van der Waals surface area contributed by atoms with Gasteiger partial charge in [0.25, 0.3) is 0 Å². The number of likely N-dealkylation sites (N-methyl/N-ethyl adjacent to an activating group) is 1. The Hall–Kier alpha value is -2.71. The monoisotopic (exact) mass is 348 g/mol. The molecular weight excluding hydrogens is 327 g/mol. The van der Waals surface area contributed by atoms with Crippen molar-refractivity contribution in [2.75, 3.05) is 31.6 Å². The second-order valence-electron chi connectivity index (χ2n) is 6.02. The summed E-state index contributed by atoms with van der Waals surface area (Å²) < 4.78 is 20.1. The van der Waals surface area contributed by atoms with E-state index in [1.54, 1.807) is 16.8 Å². The maximum absolute atomic E-state index is 12.9. The number of hydrogen-bond acceptors (Lipinski definition) is 6. The van der Waals surface area contributed by atoms with Gasteiger partial charge >= 0.3 is 0 Å². The molecule has 1 amide bonds. The predicted octanol–water partition coefficient (Wildman–Crippen LogP) is 0.854. The third kappa shape index (κ3) is 4.43. The highest BCUT2D eigenvalue weighted by Crippen LogP contribution is 2.16. The number of anilines is 1. The summed E-state index contributed by atoms with van der Waals surface area (Å²) in [5.74, 6) is 0.833. The number of carbonyl (C=O) groups excluding carboxylic acids is 1. The number of aromatic nitrogens is 4. The minimum atomic E-state index is -0.296. The minimum Gasteiger partial charge on any atom is -0.492 e. The Morgan fingerprint density at radius 2 is 2.20 bits per heavy atom. The summed E-state index contributed by atoms with van der Waals surface area (Å²) >= 11 is 0. The van der Waals surface area contributed by atoms with Gasteiger partial charge in [0.2, 0.25) is 11.9 Å². The van der Waals surface area contributed by atoms with Gasteiger partial charge in [-0.3, -0.25) is 4.79 Å². The summed E-state index contributed by atoms with van der Waals surface area (Å²) in [6, 6.07) is 5.88. The molecule has 0 bridgehead atoms. The number of hydrogen-bond donors (Lipinski definition) is 1. The molecule has 0 radical (unpaired) electrons. The van der Waals surface area contributed by atoms with Gasteiger partial charge in [0.15, 0.2) is 0 Å². The molecule has 8 nitrogen and oxygen atoms in total. The number of ether oxygens (including phenoxy) is 1. The first-order chi connectivity index (χ1) is 12.1. The minimum absolute atomic E-state index is 0.0509. The van der Waals surface area contributed by atoms with Crippen molar-refractivity contribution in [1.82, 2.24) is 25.5 Å². The van der Waals surface area contributed by atoms with E-state index >= 15 is 0 Å². The maximum Gasteiger partial charge on any atom is 0.245 e. The highest BCUT2D eigenvalue weighted by atomic mass is 19.1. The van der Waals surface area contributed by atoms with Crippen LogP contribution in [0.4, 0.5) is 10.3 Å². The molecule has 1 N–H and O–H groups in total. The SMILES string of the molecule is CN(CCOc1ccc(F)cc1)c1nnnn1CC1CCCNC1=O. The van der Waals surface area contributed by atoms with Crippen LogP contribution in [0.5, 0.6) is 5.75 Å². The summed E-state index contributed by atoms with van der Waals surface area (Å²) in [5, 5.41) is 14.6. The molecule has 3 rings (SSSR count). The fourth-order valence-corrected chi connectivity index (χ4v) is 2.74. The number of nitrogens with zero attached hydrogens (tertiary/aromatic N) is 5. The van der Waals surface area contributed by atoms with Gasteiger partial charge < -0.3 is 15.0 Å². The van der Waals surface area contributed by atoms with Gasteiger partial charge in [0.05, 0.1) is 19.0 Å². The van der Waals surface area contributed by atoms with Gasteiger partial charge in [-0.25, -0.2) is 9.07 Å². The second-order valence-corrected chi connectivity index (χ2v) is 6.02. The Labute approximate surface area is 145 Å². The number of benzene rings is 1. The average molecular weight is 348 g/mol. The summed E-state index contributed by atoms with van der Waals surface area (Å²) in [7, 11) is 1.86. The van der Waals surface area contributed by atoms with Gasteiger partial charge in [-0.2, -0.15) is 0 Å². The van der Waals surface area contributed by atoms with Gasteiger partial charge in [-0.05, 0) is 47.5 Å². The van der Waals surface area contributed by atoms with E-state index in [2.05, 4.69) is 20.8 Å². The third-order valence-electron chi connectivity index (χ3n) is 4.16. The van der Waals surface area contributed by atoms with Gasteiger partial charge in [0.1, 0.15) is 18.2 Å². The zero-order valence-corrected chi connectivity index (χ0v) is 14.1. The van der Waals surface area contributed by atoms with E-state index in [4.69, 9.17) is 4.74 Å². The van der Waals surface area contributed by atoms with Crippen molar-refractivity contribution in [3.63, 3.8) is 0 Å². The molecule has 1 aliphatic heterocycles. The molecule has 1 aromatic carbocycles. The molecule has 9 heteroatoms. The lowest BCUT2D eigenvalue weighted by atomic mass is 9.99. The number of rotatable bonds is 7. The summed E-state index contributed by atoms with van der Waals surface area (Å²) in [6.45, 7) is 2.14. The molecule has 1 saturated heterocycles. The maximum atomic E-state index is 12.9. The van der Waals surface area contributed by atoms with Gasteiger partial charge in [-0.15, -0.1) is 0 Å². The fraction of sp³-hybridized carbons (Fsp3) is 0.500. The van der Waals surface area contributed by atoms with Gasteiger partial charge in [-0.1, -0.05) is 5.10 Å². The zero-order chi connectivity index (χ0) is 17.6. The number of nitrogens with one attached hydrogen (secondary N) is 1. The fourth-order valence-electron chi connectivity index (χ4n) is 2.74. The first kappa shape index (κ1) is 17.1. The van der Waals surface area contributed by atoms with Crippen LogP contribution in [0.25, 0.3) is 0 Å². The lowest BCUT2D eigenvalue weighted by Gasteiger charge is -2.23. The van der Waals surface area contributed by atoms with E-state index in [0.717, 1.165) is 19.4 Å². The normalized spacial score (nSPS) is 17.2. The Balaban J connectivity index is 1.53. The highest BCUT2D eigenvalue weighted by Gasteiger charge is 2.24. The molecule has 2 heterocycles. The molecule has 134 valence electrons. The quantitative estimate of drug-likeness (QED) is 0.799. The van der Waals surface area contributed by atoms with E-state index in [1.165, 1.54) is 12.1 Å². The van der Waals surface area contributed by atoms with E-state index in [1.807, 2.05) is 11.9 Å². The van der Waals surface area contributed by atoms with Crippen LogP contribution >= 0.6 is 0 Å². The number of amides is 1. The second kappa shape index (κ2) is 7.91. The van der Waals surface area contributed by atoms with E-state index in [9.17, 15) is 9.18 Å². The number of carbonyl (C=O) groups is 1. The first-order valence-electron chi connectivity index (χ1n) is 8.27. The van der Waals surface area contributed by atoms with Crippen LogP contribution in [0.1, 0.15) is 12.8 Å². The van der Waals surface area contributed by atoms with Crippen LogP contribution in [-0.4, -0.2) is 52.9 Å². The van der Waals surface area contributed by atoms with Crippen LogP contribution < -0.4 is 15.0 Å². The van der Waals surface area contributed by atoms with Gasteiger partial charge in [0, 0.05) is 13.6 Å². The molecule has 0 aliphatic carbocycles. The Bertz CT molecular complexity index is 705. The lowest BCUT2D eigenvalue weighted by molar-refractivity contribution is -0.127. The van der Waals surface area contributed by atoms with Crippen LogP contribution in [0.2, 0.25) is 0 Å². The predicted molar refractivity (Wildman–Crippen MR) is 88.7 cm³/mol. The van der Waals surface area contributed by atoms with Crippen molar-refractivity contribution >= 4 is 11.9 Å². The smallest absolute Gasteiger partial charge is 0.245 e. The third-order valence-corrected chi connectivity index (χ3v) is 4.16. The molecule has 2 aromatic rings. The van der Waals surface area contributed by atoms with Crippen LogP contribution in [0, 0.1) is 11.7 Å². The van der Waals surface area contributed by atoms with E-state index in [0.29, 0.717) is 31.4 Å². The molecule has 25 heavy (non-hydrogen) atoms. The Morgan fingerprint density at radius 3 is 2.96 bits per heavy atom. The molecule has 1 fully saturated rings. The topological polar surface area (TPSA) is 85.2 Å². The lowest BCUT2D eigenvalue weighted by Crippen LogP contribution is -2.39. The highest BCUT2D eigenvalue weighted by molar-refractivity contribution is 5.79. The van der Waals surface area contributed by atoms with E-state index in [-0.39, 0.29) is 17.6 Å². The first-order valence-corrected chi connectivity index (χ1v) is 8.27. The molecule has 1 atom stereocenters. The Morgan fingerprint density at radius 1 is 1.40 bits per heavy atom. The van der Waals surface area contributed by atoms with Crippen molar-refractivity contribution < 1.29 is 13.9 Å². The number of piperidine rings is 1. The van der Waals surface area contributed by atoms with Crippen LogP contribution in [0.3, 0.4) is 0 Å². The number of tetrazole rings is 1. The summed E-state index contributed by atoms with van der Waals surface area (Å²) in [6.07, 6.45) is 1.80. The standard InChI is InChI=1S/C16H21FN6O2/c1-22(9-10-25-14-6-4-13(17)5-7-14)16-19-20-21-23(16)11-12-3-2-8-18-15(12)24/h4-7,12H,2-3,8-11H2,1H3,(H,18,24).